The average Bonchev–Trinajstić information content (AvgIpc) is 2.75. The Balaban J connectivity index is 2.32. The number of hydrogen-bond donors (Lipinski definition) is 3. The van der Waals surface area contributed by atoms with Crippen LogP contribution in [0.3, 0.4) is 0 Å². The molecule has 0 saturated heterocycles. The summed E-state index contributed by atoms with van der Waals surface area (Å²) in [5, 5.41) is 28.5. The van der Waals surface area contributed by atoms with Crippen molar-refractivity contribution in [3.05, 3.63) is 23.8 Å². The van der Waals surface area contributed by atoms with Crippen LogP contribution >= 0.6 is 0 Å². The number of carboxylic acid groups (broad SMARTS) is 2. The summed E-state index contributed by atoms with van der Waals surface area (Å²) < 4.78 is 0. The zero-order valence-corrected chi connectivity index (χ0v) is 9.52. The van der Waals surface area contributed by atoms with Crippen molar-refractivity contribution in [2.45, 2.75) is 6.54 Å². The number of aromatic nitrogens is 4. The fraction of sp³-hybridized carbons (Fsp3) is 0.100. The third-order valence-corrected chi connectivity index (χ3v) is 2.27. The Labute approximate surface area is 106 Å². The molecular weight excluding hydrogens is 254 g/mol. The molecule has 9 heteroatoms. The molecule has 9 nitrogen and oxygen atoms in total. The van der Waals surface area contributed by atoms with Crippen molar-refractivity contribution in [3.63, 3.8) is 0 Å². The summed E-state index contributed by atoms with van der Waals surface area (Å²) in [6.45, 7) is -0.407. The lowest BCUT2D eigenvalue weighted by Crippen LogP contribution is -2.11. The van der Waals surface area contributed by atoms with E-state index in [9.17, 15) is 9.59 Å². The molecule has 1 aromatic carbocycles. The normalized spacial score (nSPS) is 10.3. The smallest absolute Gasteiger partial charge is 0.337 e. The second-order valence-electron chi connectivity index (χ2n) is 3.64. The Morgan fingerprint density at radius 2 is 2.05 bits per heavy atom. The van der Waals surface area contributed by atoms with Gasteiger partial charge in [-0.25, -0.2) is 4.79 Å². The van der Waals surface area contributed by atoms with Crippen LogP contribution < -0.4 is 5.73 Å². The van der Waals surface area contributed by atoms with Gasteiger partial charge in [-0.05, 0) is 17.3 Å². The number of anilines is 1. The van der Waals surface area contributed by atoms with Crippen molar-refractivity contribution in [1.82, 2.24) is 20.2 Å². The van der Waals surface area contributed by atoms with Gasteiger partial charge in [-0.15, -0.1) is 10.2 Å². The first-order chi connectivity index (χ1) is 8.97. The average molecular weight is 263 g/mol. The number of benzene rings is 1. The van der Waals surface area contributed by atoms with Gasteiger partial charge in [-0.3, -0.25) is 4.79 Å². The van der Waals surface area contributed by atoms with E-state index in [4.69, 9.17) is 15.9 Å². The van der Waals surface area contributed by atoms with Crippen LogP contribution in [-0.2, 0) is 11.3 Å². The highest BCUT2D eigenvalue weighted by Gasteiger charge is 2.12. The predicted molar refractivity (Wildman–Crippen MR) is 62.3 cm³/mol. The summed E-state index contributed by atoms with van der Waals surface area (Å²) >= 11 is 0. The third kappa shape index (κ3) is 2.65. The van der Waals surface area contributed by atoms with Crippen LogP contribution in [-0.4, -0.2) is 42.4 Å². The number of aromatic carboxylic acids is 1. The lowest BCUT2D eigenvalue weighted by atomic mass is 10.1. The topological polar surface area (TPSA) is 144 Å². The van der Waals surface area contributed by atoms with Crippen LogP contribution in [0.2, 0.25) is 0 Å². The number of nitrogen functional groups attached to an aromatic ring is 1. The summed E-state index contributed by atoms with van der Waals surface area (Å²) in [6.07, 6.45) is 0. The van der Waals surface area contributed by atoms with Crippen LogP contribution in [0.15, 0.2) is 18.2 Å². The van der Waals surface area contributed by atoms with Crippen LogP contribution in [0.4, 0.5) is 5.69 Å². The van der Waals surface area contributed by atoms with E-state index in [2.05, 4.69) is 15.4 Å². The molecule has 1 aromatic heterocycles. The second-order valence-corrected chi connectivity index (χ2v) is 3.64. The van der Waals surface area contributed by atoms with Gasteiger partial charge in [0.1, 0.15) is 0 Å². The number of hydrogen-bond acceptors (Lipinski definition) is 6. The quantitative estimate of drug-likeness (QED) is 0.638. The fourth-order valence-electron chi connectivity index (χ4n) is 1.44. The van der Waals surface area contributed by atoms with Crippen molar-refractivity contribution >= 4 is 17.6 Å². The SMILES string of the molecule is Nc1cc(-c2nnn(CC(=O)O)n2)ccc1C(=O)O. The van der Waals surface area contributed by atoms with Gasteiger partial charge in [0.25, 0.3) is 0 Å². The zero-order valence-electron chi connectivity index (χ0n) is 9.52. The van der Waals surface area contributed by atoms with Crippen molar-refractivity contribution in [2.24, 2.45) is 0 Å². The Bertz CT molecular complexity index is 651. The monoisotopic (exact) mass is 263 g/mol. The maximum atomic E-state index is 10.8. The van der Waals surface area contributed by atoms with E-state index in [-0.39, 0.29) is 17.1 Å². The molecule has 1 heterocycles. The van der Waals surface area contributed by atoms with E-state index >= 15 is 0 Å². The van der Waals surface area contributed by atoms with E-state index < -0.39 is 18.5 Å². The van der Waals surface area contributed by atoms with Crippen LogP contribution in [0.1, 0.15) is 10.4 Å². The molecular formula is C10H9N5O4. The molecule has 98 valence electrons. The standard InChI is InChI=1S/C10H9N5O4/c11-7-3-5(1-2-6(7)10(18)19)9-12-14-15(13-9)4-8(16)17/h1-3H,4,11H2,(H,16,17)(H,18,19). The molecule has 0 bridgehead atoms. The van der Waals surface area contributed by atoms with Crippen molar-refractivity contribution in [3.8, 4) is 11.4 Å². The maximum Gasteiger partial charge on any atom is 0.337 e. The molecule has 0 amide bonds. The summed E-state index contributed by atoms with van der Waals surface area (Å²) in [4.78, 5) is 22.2. The molecule has 0 atom stereocenters. The highest BCUT2D eigenvalue weighted by molar-refractivity contribution is 5.94. The largest absolute Gasteiger partial charge is 0.480 e. The molecule has 0 aliphatic heterocycles. The summed E-state index contributed by atoms with van der Waals surface area (Å²) in [6, 6.07) is 4.19. The Morgan fingerprint density at radius 1 is 1.32 bits per heavy atom. The summed E-state index contributed by atoms with van der Waals surface area (Å²) in [7, 11) is 0. The highest BCUT2D eigenvalue weighted by atomic mass is 16.4. The first-order valence-corrected chi connectivity index (χ1v) is 5.10. The molecule has 2 aromatic rings. The Kier molecular flexibility index (Phi) is 3.10. The minimum absolute atomic E-state index is 0.0262. The summed E-state index contributed by atoms with van der Waals surface area (Å²) in [5.74, 6) is -2.05. The van der Waals surface area contributed by atoms with Crippen molar-refractivity contribution in [1.29, 1.82) is 0 Å². The molecule has 0 spiro atoms. The Hall–Kier alpha value is -2.97. The molecule has 0 radical (unpaired) electrons. The molecule has 0 aliphatic carbocycles. The van der Waals surface area contributed by atoms with Gasteiger partial charge < -0.3 is 15.9 Å². The van der Waals surface area contributed by atoms with Gasteiger partial charge in [0.05, 0.1) is 5.56 Å². The maximum absolute atomic E-state index is 10.8. The predicted octanol–water partition coefficient (Wildman–Crippen LogP) is -0.295. The molecule has 19 heavy (non-hydrogen) atoms. The van der Waals surface area contributed by atoms with Crippen molar-refractivity contribution in [2.75, 3.05) is 5.73 Å². The number of aliphatic carboxylic acids is 1. The van der Waals surface area contributed by atoms with Crippen LogP contribution in [0.25, 0.3) is 11.4 Å². The van der Waals surface area contributed by atoms with Gasteiger partial charge in [-0.2, -0.15) is 4.80 Å². The van der Waals surface area contributed by atoms with Gasteiger partial charge in [0, 0.05) is 11.3 Å². The molecule has 0 saturated carbocycles. The Morgan fingerprint density at radius 3 is 2.63 bits per heavy atom. The number of carboxylic acids is 2. The first-order valence-electron chi connectivity index (χ1n) is 5.10. The van der Waals surface area contributed by atoms with Crippen LogP contribution in [0.5, 0.6) is 0 Å². The second kappa shape index (κ2) is 4.72. The third-order valence-electron chi connectivity index (χ3n) is 2.27. The molecule has 4 N–H and O–H groups in total. The van der Waals surface area contributed by atoms with E-state index in [0.29, 0.717) is 5.56 Å². The number of tetrazole rings is 1. The minimum atomic E-state index is -1.13. The van der Waals surface area contributed by atoms with Gasteiger partial charge >= 0.3 is 11.9 Å². The first kappa shape index (κ1) is 12.5. The van der Waals surface area contributed by atoms with Gasteiger partial charge in [-0.1, -0.05) is 6.07 Å². The number of nitrogens with zero attached hydrogens (tertiary/aromatic N) is 4. The highest BCUT2D eigenvalue weighted by Crippen LogP contribution is 2.20. The number of nitrogens with two attached hydrogens (primary N) is 1. The van der Waals surface area contributed by atoms with E-state index in [1.165, 1.54) is 18.2 Å². The van der Waals surface area contributed by atoms with Crippen LogP contribution in [0, 0.1) is 0 Å². The van der Waals surface area contributed by atoms with E-state index in [1.54, 1.807) is 0 Å². The lowest BCUT2D eigenvalue weighted by molar-refractivity contribution is -0.138. The minimum Gasteiger partial charge on any atom is -0.480 e. The van der Waals surface area contributed by atoms with Gasteiger partial charge in [0.2, 0.25) is 5.82 Å². The molecule has 0 unspecified atom stereocenters. The number of carbonyl (C=O) groups is 2. The zero-order chi connectivity index (χ0) is 14.0. The van der Waals surface area contributed by atoms with E-state index in [1.807, 2.05) is 0 Å². The molecule has 2 rings (SSSR count). The van der Waals surface area contributed by atoms with Crippen molar-refractivity contribution < 1.29 is 19.8 Å². The van der Waals surface area contributed by atoms with E-state index in [0.717, 1.165) is 4.80 Å². The van der Waals surface area contributed by atoms with Gasteiger partial charge in [0.15, 0.2) is 6.54 Å². The number of rotatable bonds is 4. The summed E-state index contributed by atoms with van der Waals surface area (Å²) in [5.41, 5.74) is 6.09. The fourth-order valence-corrected chi connectivity index (χ4v) is 1.44. The molecule has 0 fully saturated rings. The lowest BCUT2D eigenvalue weighted by Gasteiger charge is -2.01. The molecule has 0 aliphatic rings.